The van der Waals surface area contributed by atoms with Crippen LogP contribution >= 0.6 is 0 Å². The molecule has 2 aromatic heterocycles. The van der Waals surface area contributed by atoms with Crippen LogP contribution in [0.3, 0.4) is 0 Å². The highest BCUT2D eigenvalue weighted by molar-refractivity contribution is 5.91. The van der Waals surface area contributed by atoms with Gasteiger partial charge in [0, 0.05) is 30.7 Å². The third kappa shape index (κ3) is 5.25. The Labute approximate surface area is 171 Å². The van der Waals surface area contributed by atoms with Gasteiger partial charge in [0.05, 0.1) is 16.9 Å². The number of aromatic nitrogens is 4. The summed E-state index contributed by atoms with van der Waals surface area (Å²) in [4.78, 5) is 16.5. The van der Waals surface area contributed by atoms with E-state index in [1.54, 1.807) is 6.07 Å². The topological polar surface area (TPSA) is 85.8 Å². The summed E-state index contributed by atoms with van der Waals surface area (Å²) in [5.74, 6) is 0.434. The first kappa shape index (κ1) is 21.5. The van der Waals surface area contributed by atoms with Crippen LogP contribution < -0.4 is 5.32 Å². The van der Waals surface area contributed by atoms with Gasteiger partial charge in [-0.25, -0.2) is 4.68 Å². The van der Waals surface area contributed by atoms with E-state index < -0.39 is 17.6 Å². The number of amides is 1. The quantitative estimate of drug-likeness (QED) is 0.632. The lowest BCUT2D eigenvalue weighted by Crippen LogP contribution is -2.17. The van der Waals surface area contributed by atoms with Gasteiger partial charge < -0.3 is 9.84 Å². The fraction of sp³-hybridized carbons (Fsp3) is 0.400. The Balaban J connectivity index is 1.64. The Kier molecular flexibility index (Phi) is 5.95. The maximum Gasteiger partial charge on any atom is 0.418 e. The minimum absolute atomic E-state index is 0.0193. The van der Waals surface area contributed by atoms with Crippen molar-refractivity contribution in [2.45, 2.75) is 51.6 Å². The summed E-state index contributed by atoms with van der Waals surface area (Å²) in [5, 5.41) is 10.2. The van der Waals surface area contributed by atoms with Crippen molar-refractivity contribution in [3.8, 4) is 5.69 Å². The number of nitrogens with zero attached hydrogens (tertiary/aromatic N) is 4. The van der Waals surface area contributed by atoms with Gasteiger partial charge in [-0.1, -0.05) is 25.9 Å². The number of benzene rings is 1. The lowest BCUT2D eigenvalue weighted by Gasteiger charge is -2.15. The second-order valence-electron chi connectivity index (χ2n) is 7.84. The number of rotatable bonds is 6. The molecule has 0 unspecified atom stereocenters. The van der Waals surface area contributed by atoms with E-state index >= 15 is 0 Å². The second-order valence-corrected chi connectivity index (χ2v) is 7.84. The van der Waals surface area contributed by atoms with Crippen molar-refractivity contribution in [1.82, 2.24) is 19.9 Å². The molecule has 7 nitrogen and oxygen atoms in total. The highest BCUT2D eigenvalue weighted by atomic mass is 19.4. The molecule has 1 amide bonds. The predicted molar refractivity (Wildman–Crippen MR) is 103 cm³/mol. The molecule has 10 heteroatoms. The lowest BCUT2D eigenvalue weighted by molar-refractivity contribution is -0.137. The van der Waals surface area contributed by atoms with Crippen molar-refractivity contribution < 1.29 is 22.5 Å². The molecule has 0 saturated carbocycles. The number of anilines is 1. The smallest absolute Gasteiger partial charge is 0.339 e. The molecule has 30 heavy (non-hydrogen) atoms. The van der Waals surface area contributed by atoms with Gasteiger partial charge >= 0.3 is 6.18 Å². The lowest BCUT2D eigenvalue weighted by atomic mass is 9.96. The number of carbonyl (C=O) groups excluding carboxylic acids is 1. The van der Waals surface area contributed by atoms with Crippen LogP contribution in [0, 0.1) is 0 Å². The van der Waals surface area contributed by atoms with Gasteiger partial charge in [-0.05, 0) is 30.7 Å². The van der Waals surface area contributed by atoms with Crippen LogP contribution in [0.15, 0.2) is 41.2 Å². The van der Waals surface area contributed by atoms with Crippen LogP contribution in [0.1, 0.15) is 50.9 Å². The van der Waals surface area contributed by atoms with Crippen molar-refractivity contribution in [3.05, 3.63) is 53.9 Å². The number of nitrogens with one attached hydrogen (secondary N) is 1. The average molecular weight is 421 g/mol. The second kappa shape index (κ2) is 8.29. The van der Waals surface area contributed by atoms with Crippen molar-refractivity contribution in [3.63, 3.8) is 0 Å². The van der Waals surface area contributed by atoms with E-state index in [1.807, 2.05) is 20.8 Å². The van der Waals surface area contributed by atoms with Crippen molar-refractivity contribution in [2.24, 2.45) is 0 Å². The van der Waals surface area contributed by atoms with Gasteiger partial charge in [0.2, 0.25) is 11.8 Å². The van der Waals surface area contributed by atoms with Gasteiger partial charge in [0.25, 0.3) is 0 Å². The number of halogens is 3. The van der Waals surface area contributed by atoms with Crippen LogP contribution in [-0.2, 0) is 22.8 Å². The summed E-state index contributed by atoms with van der Waals surface area (Å²) in [7, 11) is 0. The number of alkyl halides is 3. The number of hydrogen-bond donors (Lipinski definition) is 1. The van der Waals surface area contributed by atoms with Crippen molar-refractivity contribution in [1.29, 1.82) is 0 Å². The fourth-order valence-electron chi connectivity index (χ4n) is 2.71. The van der Waals surface area contributed by atoms with Gasteiger partial charge in [0.15, 0.2) is 5.82 Å². The Bertz CT molecular complexity index is 1000. The molecule has 3 aromatic rings. The maximum atomic E-state index is 13.5. The van der Waals surface area contributed by atoms with E-state index in [-0.39, 0.29) is 23.2 Å². The molecule has 0 aliphatic heterocycles. The SMILES string of the molecule is CC(C)(C)c1noc(CCCC(=O)Nc2ccc(-n3cccn3)cc2C(F)(F)F)n1. The number of carbonyl (C=O) groups is 1. The Hall–Kier alpha value is -3.17. The third-order valence-corrected chi connectivity index (χ3v) is 4.28. The predicted octanol–water partition coefficient (Wildman–Crippen LogP) is 4.53. The van der Waals surface area contributed by atoms with Gasteiger partial charge in [-0.3, -0.25) is 4.79 Å². The van der Waals surface area contributed by atoms with Crippen LogP contribution in [0.2, 0.25) is 0 Å². The van der Waals surface area contributed by atoms with E-state index in [2.05, 4.69) is 20.6 Å². The summed E-state index contributed by atoms with van der Waals surface area (Å²) in [6.07, 6.45) is -0.872. The fourth-order valence-corrected chi connectivity index (χ4v) is 2.71. The van der Waals surface area contributed by atoms with E-state index in [1.165, 1.54) is 29.2 Å². The maximum absolute atomic E-state index is 13.5. The normalized spacial score (nSPS) is 12.2. The molecule has 0 aliphatic rings. The Morgan fingerprint density at radius 1 is 1.23 bits per heavy atom. The van der Waals surface area contributed by atoms with Gasteiger partial charge in [-0.15, -0.1) is 0 Å². The van der Waals surface area contributed by atoms with E-state index in [0.717, 1.165) is 6.07 Å². The molecule has 1 aromatic carbocycles. The van der Waals surface area contributed by atoms with Crippen LogP contribution in [-0.4, -0.2) is 25.8 Å². The van der Waals surface area contributed by atoms with E-state index in [4.69, 9.17) is 4.52 Å². The molecular weight excluding hydrogens is 399 g/mol. The first-order chi connectivity index (χ1) is 14.0. The standard InChI is InChI=1S/C20H22F3N5O2/c1-19(2,3)18-26-17(30-27-18)7-4-6-16(29)25-15-9-8-13(28-11-5-10-24-28)12-14(15)20(21,22)23/h5,8-12H,4,6-7H2,1-3H3,(H,25,29). The number of hydrogen-bond acceptors (Lipinski definition) is 5. The van der Waals surface area contributed by atoms with Gasteiger partial charge in [0.1, 0.15) is 0 Å². The molecule has 160 valence electrons. The third-order valence-electron chi connectivity index (χ3n) is 4.28. The largest absolute Gasteiger partial charge is 0.418 e. The monoisotopic (exact) mass is 421 g/mol. The summed E-state index contributed by atoms with van der Waals surface area (Å²) in [6.45, 7) is 5.85. The highest BCUT2D eigenvalue weighted by Gasteiger charge is 2.34. The molecule has 0 radical (unpaired) electrons. The van der Waals surface area contributed by atoms with Crippen molar-refractivity contribution >= 4 is 11.6 Å². The van der Waals surface area contributed by atoms with E-state index in [0.29, 0.717) is 24.6 Å². The highest BCUT2D eigenvalue weighted by Crippen LogP contribution is 2.36. The molecule has 0 saturated heterocycles. The minimum atomic E-state index is -4.63. The van der Waals surface area contributed by atoms with Crippen LogP contribution in [0.25, 0.3) is 5.69 Å². The molecule has 0 atom stereocenters. The molecule has 1 N–H and O–H groups in total. The molecular formula is C20H22F3N5O2. The summed E-state index contributed by atoms with van der Waals surface area (Å²) >= 11 is 0. The average Bonchev–Trinajstić information content (AvgIpc) is 3.32. The van der Waals surface area contributed by atoms with Crippen LogP contribution in [0.4, 0.5) is 18.9 Å². The summed E-state index contributed by atoms with van der Waals surface area (Å²) < 4.78 is 46.9. The summed E-state index contributed by atoms with van der Waals surface area (Å²) in [5.41, 5.74) is -1.24. The molecule has 0 spiro atoms. The zero-order chi connectivity index (χ0) is 21.9. The number of aryl methyl sites for hydroxylation is 1. The molecule has 0 aliphatic carbocycles. The molecule has 3 rings (SSSR count). The zero-order valence-corrected chi connectivity index (χ0v) is 16.8. The Morgan fingerprint density at radius 2 is 2.00 bits per heavy atom. The van der Waals surface area contributed by atoms with Crippen LogP contribution in [0.5, 0.6) is 0 Å². The van der Waals surface area contributed by atoms with E-state index in [9.17, 15) is 18.0 Å². The summed E-state index contributed by atoms with van der Waals surface area (Å²) in [6, 6.07) is 5.25. The molecule has 2 heterocycles. The zero-order valence-electron chi connectivity index (χ0n) is 16.8. The Morgan fingerprint density at radius 3 is 2.60 bits per heavy atom. The van der Waals surface area contributed by atoms with Gasteiger partial charge in [-0.2, -0.15) is 23.3 Å². The minimum Gasteiger partial charge on any atom is -0.339 e. The molecule has 0 fully saturated rings. The first-order valence-electron chi connectivity index (χ1n) is 9.38. The molecule has 0 bridgehead atoms. The van der Waals surface area contributed by atoms with Crippen molar-refractivity contribution in [2.75, 3.05) is 5.32 Å². The first-order valence-corrected chi connectivity index (χ1v) is 9.38.